The minimum Gasteiger partial charge on any atom is -0.376 e. The van der Waals surface area contributed by atoms with E-state index in [4.69, 9.17) is 7.48 Å². The normalized spacial score (nSPS) is 19.9. The highest BCUT2D eigenvalue weighted by molar-refractivity contribution is 5.84. The van der Waals surface area contributed by atoms with Crippen LogP contribution in [0.25, 0.3) is 0 Å². The van der Waals surface area contributed by atoms with Crippen molar-refractivity contribution in [3.63, 3.8) is 0 Å². The van der Waals surface area contributed by atoms with Crippen molar-refractivity contribution in [1.82, 2.24) is 0 Å². The Labute approximate surface area is 86.7 Å². The van der Waals surface area contributed by atoms with Crippen LogP contribution in [0.2, 0.25) is 0 Å². The molecule has 1 fully saturated rings. The molecule has 0 aromatic heterocycles. The van der Waals surface area contributed by atoms with E-state index < -0.39 is 6.56 Å². The summed E-state index contributed by atoms with van der Waals surface area (Å²) in [6.07, 6.45) is 0.615. The Bertz CT molecular complexity index is 368. The van der Waals surface area contributed by atoms with Crippen LogP contribution < -0.4 is 0 Å². The summed E-state index contributed by atoms with van der Waals surface area (Å²) in [5.41, 5.74) is 0.942. The highest BCUT2D eigenvalue weighted by Crippen LogP contribution is 2.22. The van der Waals surface area contributed by atoms with Crippen LogP contribution in [-0.4, -0.2) is 12.3 Å². The Morgan fingerprint density at radius 2 is 2.07 bits per heavy atom. The van der Waals surface area contributed by atoms with Gasteiger partial charge >= 0.3 is 0 Å². The van der Waals surface area contributed by atoms with Gasteiger partial charge in [-0.05, 0) is 11.5 Å². The highest BCUT2D eigenvalue weighted by Gasteiger charge is 2.26. The molecule has 2 heteroatoms. The fourth-order valence-electron chi connectivity index (χ4n) is 1.39. The molecule has 1 aromatic carbocycles. The summed E-state index contributed by atoms with van der Waals surface area (Å²) in [7, 11) is 0. The first-order chi connectivity index (χ1) is 7.58. The third kappa shape index (κ3) is 2.42. The van der Waals surface area contributed by atoms with Gasteiger partial charge in [0, 0.05) is 12.8 Å². The Balaban J connectivity index is 1.87. The third-order valence-corrected chi connectivity index (χ3v) is 2.28. The van der Waals surface area contributed by atoms with Crippen LogP contribution in [0.15, 0.2) is 30.3 Å². The molecule has 0 amide bonds. The Morgan fingerprint density at radius 1 is 1.36 bits per heavy atom. The number of hydrogen-bond donors (Lipinski definition) is 0. The topological polar surface area (TPSA) is 26.3 Å². The lowest BCUT2D eigenvalue weighted by molar-refractivity contribution is -0.128. The van der Waals surface area contributed by atoms with Crippen molar-refractivity contribution < 1.29 is 12.3 Å². The molecule has 0 N–H and O–H groups in total. The summed E-state index contributed by atoms with van der Waals surface area (Å²) in [4.78, 5) is 10.8. The molecule has 0 unspecified atom stereocenters. The number of Topliss-reactive ketones (excluding diaryl/α,β-unsaturated/α-hetero) is 1. The van der Waals surface area contributed by atoms with Gasteiger partial charge in [0.1, 0.15) is 5.78 Å². The molecule has 0 saturated heterocycles. The zero-order chi connectivity index (χ0) is 11.6. The maximum atomic E-state index is 10.8. The second-order valence-electron chi connectivity index (χ2n) is 3.54. The minimum atomic E-state index is -1.69. The van der Waals surface area contributed by atoms with Crippen LogP contribution in [0, 0.1) is 5.92 Å². The number of hydrogen-bond acceptors (Lipinski definition) is 2. The van der Waals surface area contributed by atoms with E-state index in [1.165, 1.54) is 0 Å². The van der Waals surface area contributed by atoms with E-state index in [1.54, 1.807) is 0 Å². The molecule has 0 atom stereocenters. The van der Waals surface area contributed by atoms with Gasteiger partial charge in [0.2, 0.25) is 0 Å². The van der Waals surface area contributed by atoms with Crippen molar-refractivity contribution in [3.05, 3.63) is 35.9 Å². The number of carbonyl (C=O) groups excluding carboxylic acids is 1. The first-order valence-electron chi connectivity index (χ1n) is 5.77. The van der Waals surface area contributed by atoms with Crippen LogP contribution in [-0.2, 0) is 16.1 Å². The van der Waals surface area contributed by atoms with Crippen molar-refractivity contribution in [2.45, 2.75) is 19.4 Å². The Kier molecular flexibility index (Phi) is 2.25. The van der Waals surface area contributed by atoms with E-state index in [0.717, 1.165) is 5.56 Å². The standard InChI is InChI=1S/C12H14O2/c13-12-6-11(7-12)9-14-8-10-4-2-1-3-5-10/h1-5,11H,6-9H2/i9D2. The van der Waals surface area contributed by atoms with Crippen LogP contribution in [0.3, 0.4) is 0 Å². The molecule has 1 aliphatic carbocycles. The van der Waals surface area contributed by atoms with Gasteiger partial charge in [-0.25, -0.2) is 0 Å². The van der Waals surface area contributed by atoms with Crippen molar-refractivity contribution in [2.24, 2.45) is 5.92 Å². The maximum absolute atomic E-state index is 10.8. The van der Waals surface area contributed by atoms with E-state index in [1.807, 2.05) is 30.3 Å². The van der Waals surface area contributed by atoms with E-state index in [2.05, 4.69) is 0 Å². The van der Waals surface area contributed by atoms with E-state index in [-0.39, 0.29) is 18.3 Å². The van der Waals surface area contributed by atoms with Crippen LogP contribution in [0.1, 0.15) is 21.1 Å². The lowest BCUT2D eigenvalue weighted by atomic mass is 9.85. The number of rotatable bonds is 4. The van der Waals surface area contributed by atoms with Gasteiger partial charge in [0.15, 0.2) is 0 Å². The zero-order valence-corrected chi connectivity index (χ0v) is 7.90. The van der Waals surface area contributed by atoms with Gasteiger partial charge < -0.3 is 4.74 Å². The number of ketones is 1. The Hall–Kier alpha value is -1.15. The first kappa shape index (κ1) is 7.18. The fraction of sp³-hybridized carbons (Fsp3) is 0.417. The molecule has 14 heavy (non-hydrogen) atoms. The average Bonchev–Trinajstić information content (AvgIpc) is 2.24. The molecule has 0 spiro atoms. The van der Waals surface area contributed by atoms with Crippen LogP contribution >= 0.6 is 0 Å². The van der Waals surface area contributed by atoms with E-state index in [9.17, 15) is 4.79 Å². The summed E-state index contributed by atoms with van der Waals surface area (Å²) >= 11 is 0. The van der Waals surface area contributed by atoms with Crippen LogP contribution in [0.4, 0.5) is 0 Å². The van der Waals surface area contributed by atoms with Gasteiger partial charge in [0.25, 0.3) is 0 Å². The summed E-state index contributed by atoms with van der Waals surface area (Å²) in [6.45, 7) is -1.44. The quantitative estimate of drug-likeness (QED) is 0.731. The zero-order valence-electron chi connectivity index (χ0n) is 9.90. The van der Waals surface area contributed by atoms with Crippen molar-refractivity contribution >= 4 is 5.78 Å². The molecule has 0 radical (unpaired) electrons. The molecule has 2 nitrogen and oxygen atoms in total. The van der Waals surface area contributed by atoms with Gasteiger partial charge in [-0.3, -0.25) is 4.79 Å². The maximum Gasteiger partial charge on any atom is 0.133 e. The molecule has 0 aliphatic heterocycles. The second kappa shape index (κ2) is 4.38. The highest BCUT2D eigenvalue weighted by atomic mass is 16.5. The minimum absolute atomic E-state index is 0.122. The van der Waals surface area contributed by atoms with Crippen molar-refractivity contribution in [2.75, 3.05) is 6.56 Å². The SMILES string of the molecule is [2H]C([2H])(OCc1ccccc1)C1CC(=O)C1. The van der Waals surface area contributed by atoms with Crippen molar-refractivity contribution in [1.29, 1.82) is 0 Å². The smallest absolute Gasteiger partial charge is 0.133 e. The lowest BCUT2D eigenvalue weighted by Gasteiger charge is -2.23. The molecular formula is C12H14O2. The molecule has 1 aromatic rings. The van der Waals surface area contributed by atoms with Gasteiger partial charge in [-0.1, -0.05) is 30.3 Å². The monoisotopic (exact) mass is 192 g/mol. The molecule has 2 rings (SSSR count). The first-order valence-corrected chi connectivity index (χ1v) is 4.77. The van der Waals surface area contributed by atoms with Crippen molar-refractivity contribution in [3.8, 4) is 0 Å². The predicted molar refractivity (Wildman–Crippen MR) is 53.8 cm³/mol. The van der Waals surface area contributed by atoms with Crippen LogP contribution in [0.5, 0.6) is 0 Å². The number of carbonyl (C=O) groups is 1. The summed E-state index contributed by atoms with van der Waals surface area (Å²) in [5, 5.41) is 0. The summed E-state index contributed by atoms with van der Waals surface area (Å²) < 4.78 is 20.7. The van der Waals surface area contributed by atoms with Gasteiger partial charge in [0.05, 0.1) is 15.9 Å². The molecule has 1 aliphatic rings. The lowest BCUT2D eigenvalue weighted by Crippen LogP contribution is -2.27. The third-order valence-electron chi connectivity index (χ3n) is 2.28. The fourth-order valence-corrected chi connectivity index (χ4v) is 1.39. The predicted octanol–water partition coefficient (Wildman–Crippen LogP) is 2.18. The molecule has 74 valence electrons. The molecule has 1 saturated carbocycles. The van der Waals surface area contributed by atoms with E-state index >= 15 is 0 Å². The van der Waals surface area contributed by atoms with Gasteiger partial charge in [-0.15, -0.1) is 0 Å². The summed E-state index contributed by atoms with van der Waals surface area (Å²) in [5.74, 6) is -0.152. The second-order valence-corrected chi connectivity index (χ2v) is 3.54. The molecule has 0 heterocycles. The summed E-state index contributed by atoms with van der Waals surface area (Å²) in [6, 6.07) is 9.47. The average molecular weight is 192 g/mol. The van der Waals surface area contributed by atoms with Gasteiger partial charge in [-0.2, -0.15) is 0 Å². The van der Waals surface area contributed by atoms with E-state index in [0.29, 0.717) is 12.8 Å². The molecular weight excluding hydrogens is 176 g/mol. The largest absolute Gasteiger partial charge is 0.376 e. The Morgan fingerprint density at radius 3 is 2.71 bits per heavy atom. The number of ether oxygens (including phenoxy) is 1. The number of benzene rings is 1. The molecule has 0 bridgehead atoms.